The van der Waals surface area contributed by atoms with Crippen molar-refractivity contribution in [3.05, 3.63) is 75.3 Å². The van der Waals surface area contributed by atoms with E-state index in [0.717, 1.165) is 18.5 Å². The predicted octanol–water partition coefficient (Wildman–Crippen LogP) is 1.61. The summed E-state index contributed by atoms with van der Waals surface area (Å²) < 4.78 is 1.57. The van der Waals surface area contributed by atoms with E-state index < -0.39 is 0 Å². The molecule has 150 valence electrons. The van der Waals surface area contributed by atoms with Crippen LogP contribution in [-0.4, -0.2) is 50.4 Å². The highest BCUT2D eigenvalue weighted by Gasteiger charge is 2.30. The Morgan fingerprint density at radius 1 is 1.21 bits per heavy atom. The second-order valence-corrected chi connectivity index (χ2v) is 7.15. The van der Waals surface area contributed by atoms with E-state index in [0.29, 0.717) is 30.2 Å². The Hall–Kier alpha value is -3.26. The van der Waals surface area contributed by atoms with Crippen LogP contribution in [0.5, 0.6) is 0 Å². The second-order valence-electron chi connectivity index (χ2n) is 7.15. The number of carbonyl (C=O) groups excluding carboxylic acids is 1. The zero-order valence-corrected chi connectivity index (χ0v) is 16.6. The van der Waals surface area contributed by atoms with E-state index in [1.54, 1.807) is 16.9 Å². The molecule has 0 bridgehead atoms. The molecule has 1 atom stereocenters. The first-order valence-electron chi connectivity index (χ1n) is 9.79. The summed E-state index contributed by atoms with van der Waals surface area (Å²) in [6.45, 7) is 6.06. The number of hydrogen-bond acceptors (Lipinski definition) is 5. The van der Waals surface area contributed by atoms with Gasteiger partial charge in [0.05, 0.1) is 23.5 Å². The fraction of sp³-hybridized carbons (Fsp3) is 0.333. The number of benzene rings is 1. The van der Waals surface area contributed by atoms with Gasteiger partial charge < -0.3 is 10.2 Å². The van der Waals surface area contributed by atoms with Crippen LogP contribution >= 0.6 is 0 Å². The van der Waals surface area contributed by atoms with Gasteiger partial charge in [-0.25, -0.2) is 9.78 Å². The number of nitrogens with one attached hydrogen (secondary N) is 2. The number of aromatic amines is 1. The number of H-pyrrole nitrogens is 1. The maximum atomic E-state index is 13.4. The van der Waals surface area contributed by atoms with E-state index in [9.17, 15) is 9.59 Å². The fourth-order valence-corrected chi connectivity index (χ4v) is 3.68. The van der Waals surface area contributed by atoms with Crippen molar-refractivity contribution in [1.82, 2.24) is 30.2 Å². The van der Waals surface area contributed by atoms with Gasteiger partial charge in [0, 0.05) is 25.7 Å². The number of aryl methyl sites for hydroxylation is 1. The third kappa shape index (κ3) is 3.71. The largest absolute Gasteiger partial charge is 0.329 e. The molecule has 29 heavy (non-hydrogen) atoms. The van der Waals surface area contributed by atoms with Crippen LogP contribution < -0.4 is 10.9 Å². The van der Waals surface area contributed by atoms with Crippen molar-refractivity contribution in [1.29, 1.82) is 0 Å². The van der Waals surface area contributed by atoms with Crippen LogP contribution in [0.3, 0.4) is 0 Å². The first-order valence-corrected chi connectivity index (χ1v) is 9.79. The van der Waals surface area contributed by atoms with Crippen molar-refractivity contribution in [3.63, 3.8) is 0 Å². The van der Waals surface area contributed by atoms with Gasteiger partial charge in [-0.2, -0.15) is 10.2 Å². The molecule has 0 spiro atoms. The summed E-state index contributed by atoms with van der Waals surface area (Å²) in [6.07, 6.45) is 2.56. The van der Waals surface area contributed by atoms with Crippen LogP contribution in [0, 0.1) is 6.92 Å². The summed E-state index contributed by atoms with van der Waals surface area (Å²) in [6, 6.07) is 11.4. The number of hydrogen-bond donors (Lipinski definition) is 2. The first-order chi connectivity index (χ1) is 14.1. The Bertz CT molecular complexity index is 1050. The van der Waals surface area contributed by atoms with Crippen LogP contribution in [0.25, 0.3) is 5.82 Å². The highest BCUT2D eigenvalue weighted by molar-refractivity contribution is 5.95. The summed E-state index contributed by atoms with van der Waals surface area (Å²) in [7, 11) is 0. The van der Waals surface area contributed by atoms with Crippen molar-refractivity contribution < 1.29 is 4.79 Å². The Balaban J connectivity index is 1.63. The van der Waals surface area contributed by atoms with E-state index in [1.807, 2.05) is 11.8 Å². The molecule has 3 heterocycles. The number of amides is 1. The van der Waals surface area contributed by atoms with Crippen LogP contribution in [0.1, 0.15) is 40.1 Å². The molecule has 1 saturated heterocycles. The average Bonchev–Trinajstić information content (AvgIpc) is 3.15. The van der Waals surface area contributed by atoms with Gasteiger partial charge in [0.25, 0.3) is 11.5 Å². The molecular formula is C21H24N6O2. The molecule has 1 amide bonds. The molecular weight excluding hydrogens is 368 g/mol. The SMILES string of the molecule is CCc1ccc(C2CNCCN2C(=O)c2cnn(-c3ccc(=O)[nH]n3)c2C)cc1. The monoisotopic (exact) mass is 392 g/mol. The molecule has 3 aromatic rings. The number of nitrogens with zero attached hydrogens (tertiary/aromatic N) is 4. The number of carbonyl (C=O) groups is 1. The molecule has 0 radical (unpaired) electrons. The van der Waals surface area contributed by atoms with Crippen LogP contribution in [0.15, 0.2) is 47.4 Å². The maximum Gasteiger partial charge on any atom is 0.264 e. The smallest absolute Gasteiger partial charge is 0.264 e. The molecule has 0 aliphatic carbocycles. The molecule has 0 saturated carbocycles. The second kappa shape index (κ2) is 8.00. The topological polar surface area (TPSA) is 95.9 Å². The lowest BCUT2D eigenvalue weighted by Crippen LogP contribution is -2.48. The van der Waals surface area contributed by atoms with Gasteiger partial charge in [-0.15, -0.1) is 0 Å². The van der Waals surface area contributed by atoms with Crippen LogP contribution in [-0.2, 0) is 6.42 Å². The van der Waals surface area contributed by atoms with Gasteiger partial charge in [-0.05, 0) is 30.5 Å². The minimum atomic E-state index is -0.285. The Kier molecular flexibility index (Phi) is 5.26. The fourth-order valence-electron chi connectivity index (χ4n) is 3.68. The molecule has 8 heteroatoms. The van der Waals surface area contributed by atoms with Gasteiger partial charge in [-0.1, -0.05) is 31.2 Å². The van der Waals surface area contributed by atoms with Crippen molar-refractivity contribution in [2.75, 3.05) is 19.6 Å². The normalized spacial score (nSPS) is 16.8. The molecule has 1 aliphatic rings. The number of rotatable bonds is 4. The zero-order valence-electron chi connectivity index (χ0n) is 16.6. The van der Waals surface area contributed by atoms with Crippen molar-refractivity contribution in [3.8, 4) is 5.82 Å². The van der Waals surface area contributed by atoms with E-state index in [-0.39, 0.29) is 17.5 Å². The summed E-state index contributed by atoms with van der Waals surface area (Å²) in [5, 5.41) is 14.1. The highest BCUT2D eigenvalue weighted by Crippen LogP contribution is 2.26. The Morgan fingerprint density at radius 3 is 2.69 bits per heavy atom. The van der Waals surface area contributed by atoms with Gasteiger partial charge >= 0.3 is 0 Å². The minimum absolute atomic E-state index is 0.0314. The molecule has 2 N–H and O–H groups in total. The molecule has 2 aromatic heterocycles. The van der Waals surface area contributed by atoms with Gasteiger partial charge in [0.15, 0.2) is 5.82 Å². The van der Waals surface area contributed by atoms with Gasteiger partial charge in [0.1, 0.15) is 0 Å². The third-order valence-corrected chi connectivity index (χ3v) is 5.40. The Morgan fingerprint density at radius 2 is 2.00 bits per heavy atom. The molecule has 1 aliphatic heterocycles. The Labute approximate surface area is 168 Å². The molecule has 1 fully saturated rings. The lowest BCUT2D eigenvalue weighted by Gasteiger charge is -2.36. The lowest BCUT2D eigenvalue weighted by atomic mass is 10.00. The first kappa shape index (κ1) is 19.1. The molecule has 1 aromatic carbocycles. The summed E-state index contributed by atoms with van der Waals surface area (Å²) >= 11 is 0. The van der Waals surface area contributed by atoms with Crippen molar-refractivity contribution in [2.24, 2.45) is 0 Å². The highest BCUT2D eigenvalue weighted by atomic mass is 16.2. The standard InChI is InChI=1S/C21H24N6O2/c1-3-15-4-6-16(7-5-15)18-13-22-10-11-26(18)21(29)17-12-23-27(14(17)2)19-8-9-20(28)25-24-19/h4-9,12,18,22H,3,10-11,13H2,1-2H3,(H,25,28). The quantitative estimate of drug-likeness (QED) is 0.703. The van der Waals surface area contributed by atoms with Crippen molar-refractivity contribution >= 4 is 5.91 Å². The molecule has 8 nitrogen and oxygen atoms in total. The van der Waals surface area contributed by atoms with E-state index in [4.69, 9.17) is 0 Å². The van der Waals surface area contributed by atoms with Gasteiger partial charge in [-0.3, -0.25) is 9.59 Å². The lowest BCUT2D eigenvalue weighted by molar-refractivity contribution is 0.0633. The van der Waals surface area contributed by atoms with Crippen molar-refractivity contribution in [2.45, 2.75) is 26.3 Å². The van der Waals surface area contributed by atoms with Crippen LogP contribution in [0.4, 0.5) is 0 Å². The maximum absolute atomic E-state index is 13.4. The summed E-state index contributed by atoms with van der Waals surface area (Å²) in [5.41, 5.74) is 3.34. The molecule has 1 unspecified atom stereocenters. The average molecular weight is 392 g/mol. The van der Waals surface area contributed by atoms with Gasteiger partial charge in [0.2, 0.25) is 0 Å². The molecule has 4 rings (SSSR count). The van der Waals surface area contributed by atoms with Crippen LogP contribution in [0.2, 0.25) is 0 Å². The summed E-state index contributed by atoms with van der Waals surface area (Å²) in [5.74, 6) is 0.414. The predicted molar refractivity (Wildman–Crippen MR) is 109 cm³/mol. The van der Waals surface area contributed by atoms with E-state index in [1.165, 1.54) is 11.6 Å². The number of piperazine rings is 1. The minimum Gasteiger partial charge on any atom is -0.329 e. The van der Waals surface area contributed by atoms with E-state index >= 15 is 0 Å². The zero-order chi connectivity index (χ0) is 20.4. The number of aromatic nitrogens is 4. The summed E-state index contributed by atoms with van der Waals surface area (Å²) in [4.78, 5) is 26.6. The third-order valence-electron chi connectivity index (χ3n) is 5.40. The van der Waals surface area contributed by atoms with E-state index in [2.05, 4.69) is 51.8 Å².